The van der Waals surface area contributed by atoms with Crippen LogP contribution in [0.5, 0.6) is 5.75 Å². The Kier molecular flexibility index (Phi) is 7.80. The Hall–Kier alpha value is -2.84. The number of hydrogen-bond donors (Lipinski definition) is 3. The number of rotatable bonds is 8. The summed E-state index contributed by atoms with van der Waals surface area (Å²) in [5.74, 6) is 1.62. The Morgan fingerprint density at radius 3 is 2.54 bits per heavy atom. The zero-order valence-electron chi connectivity index (χ0n) is 22.9. The average molecular weight is 571 g/mol. The van der Waals surface area contributed by atoms with Gasteiger partial charge in [-0.15, -0.1) is 0 Å². The number of fused-ring (bicyclic) bond motifs is 1. The molecule has 0 spiro atoms. The molecule has 0 radical (unpaired) electrons. The summed E-state index contributed by atoms with van der Waals surface area (Å²) in [4.78, 5) is 13.7. The fraction of sp³-hybridized carbons (Fsp3) is 0.429. The van der Waals surface area contributed by atoms with E-state index in [4.69, 9.17) is 16.3 Å². The molecule has 3 N–H and O–H groups in total. The van der Waals surface area contributed by atoms with E-state index in [2.05, 4.69) is 36.5 Å². The van der Waals surface area contributed by atoms with Gasteiger partial charge in [-0.2, -0.15) is 4.98 Å². The number of nitrogens with zero attached hydrogens (tertiary/aromatic N) is 4. The Morgan fingerprint density at radius 1 is 1.08 bits per heavy atom. The van der Waals surface area contributed by atoms with Gasteiger partial charge in [-0.3, -0.25) is 4.90 Å². The molecule has 3 heterocycles. The number of β-amino-alcohol motifs (C(OH)–C–C–N with tert-alkyl or cyclic N) is 1. The molecule has 39 heavy (non-hydrogen) atoms. The normalized spacial score (nSPS) is 16.1. The second-order valence-electron chi connectivity index (χ2n) is 11.1. The first-order valence-corrected chi connectivity index (χ1v) is 16.2. The van der Waals surface area contributed by atoms with Crippen LogP contribution in [0.3, 0.4) is 0 Å². The van der Waals surface area contributed by atoms with E-state index in [0.29, 0.717) is 35.6 Å². The van der Waals surface area contributed by atoms with Crippen molar-refractivity contribution in [1.82, 2.24) is 14.9 Å². The zero-order valence-corrected chi connectivity index (χ0v) is 24.5. The highest BCUT2D eigenvalue weighted by molar-refractivity contribution is 7.70. The molecular weight excluding hydrogens is 535 g/mol. The number of ether oxygens (including phenoxy) is 1. The highest BCUT2D eigenvalue weighted by atomic mass is 35.5. The number of benzene rings is 2. The van der Waals surface area contributed by atoms with E-state index in [0.717, 1.165) is 49.3 Å². The molecule has 2 aromatic carbocycles. The van der Waals surface area contributed by atoms with E-state index < -0.39 is 12.7 Å². The number of hydrogen-bond acceptors (Lipinski definition) is 9. The van der Waals surface area contributed by atoms with Gasteiger partial charge in [0.05, 0.1) is 29.8 Å². The lowest BCUT2D eigenvalue weighted by Crippen LogP contribution is -2.50. The van der Waals surface area contributed by atoms with Crippen molar-refractivity contribution in [2.24, 2.45) is 0 Å². The van der Waals surface area contributed by atoms with Crippen molar-refractivity contribution >= 4 is 52.9 Å². The predicted octanol–water partition coefficient (Wildman–Crippen LogP) is 4.69. The van der Waals surface area contributed by atoms with Gasteiger partial charge in [-0.25, -0.2) is 4.98 Å². The van der Waals surface area contributed by atoms with Crippen LogP contribution in [0.2, 0.25) is 5.02 Å². The van der Waals surface area contributed by atoms with Crippen LogP contribution in [0, 0.1) is 0 Å². The van der Waals surface area contributed by atoms with Crippen molar-refractivity contribution in [3.63, 3.8) is 0 Å². The Balaban J connectivity index is 1.34. The van der Waals surface area contributed by atoms with Gasteiger partial charge in [0.1, 0.15) is 17.9 Å². The standard InChI is InChI=1S/C28H36ClN6O3P/c1-28(2,36)18-34-12-14-35(15-13-34)23-10-9-22(25-19(23)11-16-38-25)32-27-30-17-20(29)26(33-27)31-21-7-5-6-8-24(21)39(3,4)37/h5-10,17,36H,11-16,18H2,1-4H3,(H2,30,31,32,33). The molecule has 9 nitrogen and oxygen atoms in total. The minimum absolute atomic E-state index is 0.359. The minimum atomic E-state index is -2.51. The van der Waals surface area contributed by atoms with E-state index in [1.54, 1.807) is 19.5 Å². The first-order valence-electron chi connectivity index (χ1n) is 13.2. The minimum Gasteiger partial charge on any atom is -0.491 e. The summed E-state index contributed by atoms with van der Waals surface area (Å²) in [5.41, 5.74) is 3.18. The number of piperazine rings is 1. The molecule has 3 aromatic rings. The molecule has 11 heteroatoms. The van der Waals surface area contributed by atoms with Crippen LogP contribution < -0.4 is 25.6 Å². The second-order valence-corrected chi connectivity index (χ2v) is 14.7. The number of nitrogens with one attached hydrogen (secondary N) is 2. The van der Waals surface area contributed by atoms with Crippen LogP contribution in [0.4, 0.5) is 28.8 Å². The van der Waals surface area contributed by atoms with Crippen LogP contribution in [0.1, 0.15) is 19.4 Å². The van der Waals surface area contributed by atoms with Gasteiger partial charge < -0.3 is 29.9 Å². The van der Waals surface area contributed by atoms with Crippen molar-refractivity contribution in [1.29, 1.82) is 0 Å². The molecule has 0 unspecified atom stereocenters. The summed E-state index contributed by atoms with van der Waals surface area (Å²) in [6.45, 7) is 12.1. The largest absolute Gasteiger partial charge is 0.491 e. The van der Waals surface area contributed by atoms with Gasteiger partial charge in [-0.1, -0.05) is 23.7 Å². The lowest BCUT2D eigenvalue weighted by Gasteiger charge is -2.39. The van der Waals surface area contributed by atoms with E-state index >= 15 is 0 Å². The molecular formula is C28H36ClN6O3P. The number of aliphatic hydroxyl groups is 1. The summed E-state index contributed by atoms with van der Waals surface area (Å²) in [7, 11) is -2.51. The molecule has 1 saturated heterocycles. The summed E-state index contributed by atoms with van der Waals surface area (Å²) in [6, 6.07) is 11.6. The van der Waals surface area contributed by atoms with E-state index in [1.807, 2.05) is 44.2 Å². The van der Waals surface area contributed by atoms with E-state index in [1.165, 1.54) is 11.3 Å². The molecule has 0 saturated carbocycles. The fourth-order valence-electron chi connectivity index (χ4n) is 5.18. The molecule has 0 atom stereocenters. The van der Waals surface area contributed by atoms with Crippen LogP contribution in [-0.4, -0.2) is 78.2 Å². The molecule has 2 aliphatic rings. The third kappa shape index (κ3) is 6.49. The fourth-order valence-corrected chi connectivity index (χ4v) is 6.47. The molecule has 0 aliphatic carbocycles. The first kappa shape index (κ1) is 27.7. The molecule has 208 valence electrons. The number of para-hydroxylation sites is 1. The summed E-state index contributed by atoms with van der Waals surface area (Å²) in [5, 5.41) is 17.8. The molecule has 2 aliphatic heterocycles. The SMILES string of the molecule is CC(C)(O)CN1CCN(c2ccc(Nc3ncc(Cl)c(Nc4ccccc4P(C)(C)=O)n3)c3c2CCO3)CC1. The number of anilines is 5. The van der Waals surface area contributed by atoms with Gasteiger partial charge in [0.25, 0.3) is 0 Å². The van der Waals surface area contributed by atoms with Crippen molar-refractivity contribution in [2.45, 2.75) is 25.9 Å². The topological polar surface area (TPSA) is 103 Å². The molecule has 1 aromatic heterocycles. The van der Waals surface area contributed by atoms with Crippen molar-refractivity contribution in [2.75, 3.05) is 68.2 Å². The maximum absolute atomic E-state index is 12.8. The average Bonchev–Trinajstić information content (AvgIpc) is 3.36. The number of halogens is 1. The monoisotopic (exact) mass is 570 g/mol. The summed E-state index contributed by atoms with van der Waals surface area (Å²) < 4.78 is 18.9. The van der Waals surface area contributed by atoms with Crippen LogP contribution >= 0.6 is 18.7 Å². The van der Waals surface area contributed by atoms with Gasteiger partial charge in [-0.05, 0) is 51.4 Å². The Bertz CT molecular complexity index is 1400. The highest BCUT2D eigenvalue weighted by Gasteiger charge is 2.28. The quantitative estimate of drug-likeness (QED) is 0.333. The van der Waals surface area contributed by atoms with Gasteiger partial charge in [0.2, 0.25) is 5.95 Å². The smallest absolute Gasteiger partial charge is 0.229 e. The molecule has 1 fully saturated rings. The number of aromatic nitrogens is 2. The zero-order chi connectivity index (χ0) is 27.8. The summed E-state index contributed by atoms with van der Waals surface area (Å²) in [6.07, 6.45) is 2.38. The van der Waals surface area contributed by atoms with Crippen LogP contribution in [0.25, 0.3) is 0 Å². The Labute approximate surface area is 234 Å². The lowest BCUT2D eigenvalue weighted by molar-refractivity contribution is 0.0345. The predicted molar refractivity (Wildman–Crippen MR) is 160 cm³/mol. The van der Waals surface area contributed by atoms with Crippen molar-refractivity contribution < 1.29 is 14.4 Å². The molecule has 5 rings (SSSR count). The highest BCUT2D eigenvalue weighted by Crippen LogP contribution is 2.42. The first-order chi connectivity index (χ1) is 18.5. The maximum Gasteiger partial charge on any atom is 0.229 e. The third-order valence-electron chi connectivity index (χ3n) is 6.89. The van der Waals surface area contributed by atoms with E-state index in [-0.39, 0.29) is 0 Å². The molecule has 0 bridgehead atoms. The van der Waals surface area contributed by atoms with Gasteiger partial charge >= 0.3 is 0 Å². The van der Waals surface area contributed by atoms with Crippen molar-refractivity contribution in [3.8, 4) is 5.75 Å². The molecule has 0 amide bonds. The van der Waals surface area contributed by atoms with Crippen molar-refractivity contribution in [3.05, 3.63) is 53.2 Å². The van der Waals surface area contributed by atoms with Crippen LogP contribution in [0.15, 0.2) is 42.6 Å². The Morgan fingerprint density at radius 2 is 1.82 bits per heavy atom. The maximum atomic E-state index is 12.8. The second kappa shape index (κ2) is 11.0. The van der Waals surface area contributed by atoms with Gasteiger partial charge in [0, 0.05) is 55.7 Å². The third-order valence-corrected chi connectivity index (χ3v) is 8.71. The summed E-state index contributed by atoms with van der Waals surface area (Å²) >= 11 is 6.43. The van der Waals surface area contributed by atoms with Crippen LogP contribution in [-0.2, 0) is 11.0 Å². The van der Waals surface area contributed by atoms with E-state index in [9.17, 15) is 9.67 Å². The van der Waals surface area contributed by atoms with Gasteiger partial charge in [0.15, 0.2) is 5.82 Å². The lowest BCUT2D eigenvalue weighted by atomic mass is 10.1.